The van der Waals surface area contributed by atoms with Crippen molar-refractivity contribution in [2.75, 3.05) is 6.54 Å². The van der Waals surface area contributed by atoms with E-state index >= 15 is 0 Å². The van der Waals surface area contributed by atoms with Crippen LogP contribution >= 0.6 is 0 Å². The van der Waals surface area contributed by atoms with Crippen molar-refractivity contribution in [2.24, 2.45) is 5.92 Å². The van der Waals surface area contributed by atoms with E-state index in [1.807, 2.05) is 0 Å². The minimum Gasteiger partial charge on any atom is -0.356 e. The number of hydrogen-bond acceptors (Lipinski definition) is 1. The van der Waals surface area contributed by atoms with E-state index in [0.29, 0.717) is 12.3 Å². The van der Waals surface area contributed by atoms with Gasteiger partial charge in [-0.05, 0) is 24.3 Å². The molecule has 0 saturated carbocycles. The average Bonchev–Trinajstić information content (AvgIpc) is 2.27. The Morgan fingerprint density at radius 2 is 1.76 bits per heavy atom. The molecule has 2 nitrogen and oxygen atoms in total. The molecule has 1 unspecified atom stereocenters. The predicted octanol–water partition coefficient (Wildman–Crippen LogP) is 3.26. The van der Waals surface area contributed by atoms with E-state index in [9.17, 15) is 4.79 Å². The van der Waals surface area contributed by atoms with Crippen LogP contribution in [0.25, 0.3) is 0 Å². The number of rotatable bonds is 5. The second-order valence-electron chi connectivity index (χ2n) is 5.21. The SMILES string of the molecule is Cc1ccc(C(C)CC(=O)NCC(C)C)cc1. The van der Waals surface area contributed by atoms with Crippen LogP contribution in [0.1, 0.15) is 44.2 Å². The van der Waals surface area contributed by atoms with Gasteiger partial charge < -0.3 is 5.32 Å². The Hall–Kier alpha value is -1.31. The smallest absolute Gasteiger partial charge is 0.220 e. The number of carbonyl (C=O) groups excluding carboxylic acids is 1. The Balaban J connectivity index is 2.46. The summed E-state index contributed by atoms with van der Waals surface area (Å²) in [5.41, 5.74) is 2.49. The summed E-state index contributed by atoms with van der Waals surface area (Å²) in [6.45, 7) is 9.14. The molecule has 1 amide bonds. The summed E-state index contributed by atoms with van der Waals surface area (Å²) in [6.07, 6.45) is 0.565. The molecule has 0 saturated heterocycles. The molecule has 0 aliphatic heterocycles. The fourth-order valence-corrected chi connectivity index (χ4v) is 1.68. The first-order valence-corrected chi connectivity index (χ1v) is 6.32. The van der Waals surface area contributed by atoms with Gasteiger partial charge in [0.1, 0.15) is 0 Å². The number of aryl methyl sites for hydroxylation is 1. The van der Waals surface area contributed by atoms with Crippen LogP contribution in [-0.2, 0) is 4.79 Å². The zero-order chi connectivity index (χ0) is 12.8. The summed E-state index contributed by atoms with van der Waals surface area (Å²) in [5, 5.41) is 2.96. The van der Waals surface area contributed by atoms with E-state index in [0.717, 1.165) is 6.54 Å². The van der Waals surface area contributed by atoms with Gasteiger partial charge in [-0.2, -0.15) is 0 Å². The molecule has 1 rings (SSSR count). The molecular formula is C15H23NO. The lowest BCUT2D eigenvalue weighted by Gasteiger charge is -2.13. The molecule has 0 aliphatic carbocycles. The minimum atomic E-state index is 0.145. The molecule has 17 heavy (non-hydrogen) atoms. The quantitative estimate of drug-likeness (QED) is 0.831. The Bertz CT molecular complexity index is 354. The van der Waals surface area contributed by atoms with Gasteiger partial charge in [0.15, 0.2) is 0 Å². The molecule has 0 bridgehead atoms. The number of benzene rings is 1. The van der Waals surface area contributed by atoms with Crippen LogP contribution in [0.4, 0.5) is 0 Å². The summed E-state index contributed by atoms with van der Waals surface area (Å²) in [4.78, 5) is 11.7. The highest BCUT2D eigenvalue weighted by atomic mass is 16.1. The molecular weight excluding hydrogens is 210 g/mol. The molecule has 0 aliphatic rings. The summed E-state index contributed by atoms with van der Waals surface area (Å²) in [5.74, 6) is 0.933. The summed E-state index contributed by atoms with van der Waals surface area (Å²) >= 11 is 0. The monoisotopic (exact) mass is 233 g/mol. The van der Waals surface area contributed by atoms with Crippen LogP contribution in [-0.4, -0.2) is 12.5 Å². The van der Waals surface area contributed by atoms with Gasteiger partial charge in [-0.25, -0.2) is 0 Å². The van der Waals surface area contributed by atoms with E-state index in [2.05, 4.69) is 57.3 Å². The van der Waals surface area contributed by atoms with Gasteiger partial charge >= 0.3 is 0 Å². The van der Waals surface area contributed by atoms with Gasteiger partial charge in [-0.15, -0.1) is 0 Å². The van der Waals surface area contributed by atoms with Gasteiger partial charge in [-0.1, -0.05) is 50.6 Å². The van der Waals surface area contributed by atoms with Gasteiger partial charge in [0.25, 0.3) is 0 Å². The van der Waals surface area contributed by atoms with Gasteiger partial charge in [0.2, 0.25) is 5.91 Å². The number of amides is 1. The lowest BCUT2D eigenvalue weighted by atomic mass is 9.96. The highest BCUT2D eigenvalue weighted by Gasteiger charge is 2.10. The van der Waals surface area contributed by atoms with E-state index < -0.39 is 0 Å². The first kappa shape index (κ1) is 13.8. The predicted molar refractivity (Wildman–Crippen MR) is 72.1 cm³/mol. The topological polar surface area (TPSA) is 29.1 Å². The maximum absolute atomic E-state index is 11.7. The third-order valence-corrected chi connectivity index (χ3v) is 2.85. The van der Waals surface area contributed by atoms with Crippen LogP contribution < -0.4 is 5.32 Å². The van der Waals surface area contributed by atoms with Crippen LogP contribution in [0, 0.1) is 12.8 Å². The minimum absolute atomic E-state index is 0.145. The van der Waals surface area contributed by atoms with Crippen molar-refractivity contribution >= 4 is 5.91 Å². The normalized spacial score (nSPS) is 12.5. The van der Waals surface area contributed by atoms with E-state index in [1.165, 1.54) is 11.1 Å². The van der Waals surface area contributed by atoms with Crippen LogP contribution in [0.15, 0.2) is 24.3 Å². The van der Waals surface area contributed by atoms with Crippen molar-refractivity contribution in [1.82, 2.24) is 5.32 Å². The molecule has 0 radical (unpaired) electrons. The molecule has 0 heterocycles. The number of carbonyl (C=O) groups is 1. The van der Waals surface area contributed by atoms with E-state index in [4.69, 9.17) is 0 Å². The molecule has 0 fully saturated rings. The molecule has 1 aromatic carbocycles. The molecule has 0 spiro atoms. The lowest BCUT2D eigenvalue weighted by Crippen LogP contribution is -2.28. The first-order valence-electron chi connectivity index (χ1n) is 6.32. The Labute approximate surface area is 104 Å². The fourth-order valence-electron chi connectivity index (χ4n) is 1.68. The van der Waals surface area contributed by atoms with Crippen molar-refractivity contribution in [3.63, 3.8) is 0 Å². The third-order valence-electron chi connectivity index (χ3n) is 2.85. The van der Waals surface area contributed by atoms with E-state index in [1.54, 1.807) is 0 Å². The van der Waals surface area contributed by atoms with E-state index in [-0.39, 0.29) is 11.8 Å². The van der Waals surface area contributed by atoms with Gasteiger partial charge in [0.05, 0.1) is 0 Å². The Kier molecular flexibility index (Phi) is 5.20. The maximum Gasteiger partial charge on any atom is 0.220 e. The standard InChI is InChI=1S/C15H23NO/c1-11(2)10-16-15(17)9-13(4)14-7-5-12(3)6-8-14/h5-8,11,13H,9-10H2,1-4H3,(H,16,17). The van der Waals surface area contributed by atoms with Crippen molar-refractivity contribution in [1.29, 1.82) is 0 Å². The molecule has 1 aromatic rings. The average molecular weight is 233 g/mol. The lowest BCUT2D eigenvalue weighted by molar-refractivity contribution is -0.121. The molecule has 0 aromatic heterocycles. The summed E-state index contributed by atoms with van der Waals surface area (Å²) in [6, 6.07) is 8.40. The Morgan fingerprint density at radius 1 is 1.18 bits per heavy atom. The van der Waals surface area contributed by atoms with Crippen LogP contribution in [0.5, 0.6) is 0 Å². The number of nitrogens with one attached hydrogen (secondary N) is 1. The molecule has 1 N–H and O–H groups in total. The fraction of sp³-hybridized carbons (Fsp3) is 0.533. The summed E-state index contributed by atoms with van der Waals surface area (Å²) in [7, 11) is 0. The highest BCUT2D eigenvalue weighted by molar-refractivity contribution is 5.76. The van der Waals surface area contributed by atoms with Crippen molar-refractivity contribution < 1.29 is 4.79 Å². The largest absolute Gasteiger partial charge is 0.356 e. The van der Waals surface area contributed by atoms with Crippen molar-refractivity contribution in [2.45, 2.75) is 40.0 Å². The molecule has 94 valence electrons. The van der Waals surface area contributed by atoms with Gasteiger partial charge in [-0.3, -0.25) is 4.79 Å². The zero-order valence-corrected chi connectivity index (χ0v) is 11.3. The van der Waals surface area contributed by atoms with Gasteiger partial charge in [0, 0.05) is 13.0 Å². The maximum atomic E-state index is 11.7. The zero-order valence-electron chi connectivity index (χ0n) is 11.3. The first-order chi connectivity index (χ1) is 7.99. The second-order valence-corrected chi connectivity index (χ2v) is 5.21. The Morgan fingerprint density at radius 3 is 2.29 bits per heavy atom. The molecule has 2 heteroatoms. The van der Waals surface area contributed by atoms with Crippen LogP contribution in [0.2, 0.25) is 0 Å². The summed E-state index contributed by atoms with van der Waals surface area (Å²) < 4.78 is 0. The second kappa shape index (κ2) is 6.43. The highest BCUT2D eigenvalue weighted by Crippen LogP contribution is 2.19. The third kappa shape index (κ3) is 5.03. The number of hydrogen-bond donors (Lipinski definition) is 1. The molecule has 1 atom stereocenters. The van der Waals surface area contributed by atoms with Crippen LogP contribution in [0.3, 0.4) is 0 Å². The van der Waals surface area contributed by atoms with Crippen molar-refractivity contribution in [3.8, 4) is 0 Å². The van der Waals surface area contributed by atoms with Crippen molar-refractivity contribution in [3.05, 3.63) is 35.4 Å².